The zero-order chi connectivity index (χ0) is 16.8. The summed E-state index contributed by atoms with van der Waals surface area (Å²) >= 11 is 1.74. The Morgan fingerprint density at radius 1 is 1.08 bits per heavy atom. The highest BCUT2D eigenvalue weighted by Gasteiger charge is 2.28. The number of fused-ring (bicyclic) bond motifs is 3. The van der Waals surface area contributed by atoms with E-state index in [0.29, 0.717) is 5.92 Å². The first-order valence-electron chi connectivity index (χ1n) is 8.42. The molecule has 0 radical (unpaired) electrons. The van der Waals surface area contributed by atoms with E-state index in [4.69, 9.17) is 14.7 Å². The first-order chi connectivity index (χ1) is 12.3. The van der Waals surface area contributed by atoms with E-state index in [1.165, 1.54) is 22.9 Å². The van der Waals surface area contributed by atoms with Gasteiger partial charge in [-0.3, -0.25) is 0 Å². The highest BCUT2D eigenvalue weighted by atomic mass is 32.1. The molecule has 25 heavy (non-hydrogen) atoms. The maximum Gasteiger partial charge on any atom is 0.143 e. The van der Waals surface area contributed by atoms with Crippen LogP contribution in [0.15, 0.2) is 48.5 Å². The number of nitrogens with one attached hydrogen (secondary N) is 1. The minimum absolute atomic E-state index is 0.514. The van der Waals surface area contributed by atoms with Gasteiger partial charge < -0.3 is 10.1 Å². The largest absolute Gasteiger partial charge is 0.497 e. The third-order valence-corrected chi connectivity index (χ3v) is 5.60. The fourth-order valence-electron chi connectivity index (χ4n) is 3.09. The topological polar surface area (TPSA) is 47.0 Å². The third kappa shape index (κ3) is 2.61. The van der Waals surface area contributed by atoms with Crippen molar-refractivity contribution in [2.45, 2.75) is 18.8 Å². The van der Waals surface area contributed by atoms with Crippen molar-refractivity contribution in [1.29, 1.82) is 0 Å². The van der Waals surface area contributed by atoms with E-state index in [2.05, 4.69) is 29.6 Å². The lowest BCUT2D eigenvalue weighted by Crippen LogP contribution is -2.00. The third-order valence-electron chi connectivity index (χ3n) is 4.53. The van der Waals surface area contributed by atoms with Gasteiger partial charge in [-0.05, 0) is 31.0 Å². The standard InChI is InChI=1S/C20H17N3OS/c1-24-14-6-4-5-13(11-14)21-19-17-15-7-2-3-8-16(15)25-20(17)23-18(22-19)12-9-10-12/h2-8,11-12H,9-10H2,1H3,(H,21,22,23). The quantitative estimate of drug-likeness (QED) is 0.531. The Kier molecular flexibility index (Phi) is 3.35. The number of hydrogen-bond donors (Lipinski definition) is 1. The molecule has 0 unspecified atom stereocenters. The molecule has 0 aliphatic heterocycles. The molecule has 0 atom stereocenters. The summed E-state index contributed by atoms with van der Waals surface area (Å²) in [6, 6.07) is 16.4. The fourth-order valence-corrected chi connectivity index (χ4v) is 4.17. The first kappa shape index (κ1) is 14.7. The van der Waals surface area contributed by atoms with Crippen molar-refractivity contribution < 1.29 is 4.74 Å². The predicted octanol–water partition coefficient (Wildman–Crippen LogP) is 5.47. The minimum atomic E-state index is 0.514. The van der Waals surface area contributed by atoms with Gasteiger partial charge in [-0.1, -0.05) is 24.3 Å². The van der Waals surface area contributed by atoms with Crippen molar-refractivity contribution in [2.75, 3.05) is 12.4 Å². The molecule has 5 rings (SSSR count). The SMILES string of the molecule is COc1cccc(Nc2nc(C3CC3)nc3sc4ccccc4c23)c1. The molecule has 1 saturated carbocycles. The molecule has 4 aromatic rings. The Bertz CT molecular complexity index is 1080. The molecule has 1 aliphatic rings. The molecule has 2 heterocycles. The van der Waals surface area contributed by atoms with Gasteiger partial charge in [-0.15, -0.1) is 11.3 Å². The Hall–Kier alpha value is -2.66. The van der Waals surface area contributed by atoms with E-state index in [9.17, 15) is 0 Å². The molecular formula is C20H17N3OS. The van der Waals surface area contributed by atoms with E-state index in [-0.39, 0.29) is 0 Å². The van der Waals surface area contributed by atoms with Crippen LogP contribution in [0.1, 0.15) is 24.6 Å². The molecule has 1 N–H and O–H groups in total. The van der Waals surface area contributed by atoms with Gasteiger partial charge in [0, 0.05) is 27.8 Å². The monoisotopic (exact) mass is 347 g/mol. The second-order valence-corrected chi connectivity index (χ2v) is 7.37. The summed E-state index contributed by atoms with van der Waals surface area (Å²) in [5.41, 5.74) is 0.969. The van der Waals surface area contributed by atoms with Crippen LogP contribution in [0.2, 0.25) is 0 Å². The van der Waals surface area contributed by atoms with Crippen molar-refractivity contribution in [3.63, 3.8) is 0 Å². The van der Waals surface area contributed by atoms with Crippen molar-refractivity contribution >= 4 is 43.1 Å². The van der Waals surface area contributed by atoms with Crippen LogP contribution in [0.5, 0.6) is 5.75 Å². The van der Waals surface area contributed by atoms with E-state index in [1.807, 2.05) is 24.3 Å². The average Bonchev–Trinajstić information content (AvgIpc) is 3.42. The van der Waals surface area contributed by atoms with Crippen molar-refractivity contribution in [3.8, 4) is 5.75 Å². The number of thiophene rings is 1. The summed E-state index contributed by atoms with van der Waals surface area (Å²) in [6.07, 6.45) is 2.38. The molecule has 2 aromatic heterocycles. The molecule has 0 amide bonds. The maximum atomic E-state index is 5.34. The summed E-state index contributed by atoms with van der Waals surface area (Å²) in [4.78, 5) is 10.8. The number of benzene rings is 2. The molecule has 4 nitrogen and oxygen atoms in total. The molecule has 1 fully saturated rings. The number of anilines is 2. The Balaban J connectivity index is 1.71. The normalized spacial score (nSPS) is 14.1. The van der Waals surface area contributed by atoms with E-state index in [0.717, 1.165) is 33.3 Å². The molecule has 1 aliphatic carbocycles. The van der Waals surface area contributed by atoms with Gasteiger partial charge in [-0.2, -0.15) is 0 Å². The van der Waals surface area contributed by atoms with Crippen molar-refractivity contribution in [2.24, 2.45) is 0 Å². The minimum Gasteiger partial charge on any atom is -0.497 e. The number of ether oxygens (including phenoxy) is 1. The zero-order valence-electron chi connectivity index (χ0n) is 13.8. The van der Waals surface area contributed by atoms with E-state index < -0.39 is 0 Å². The van der Waals surface area contributed by atoms with Crippen molar-refractivity contribution in [3.05, 3.63) is 54.4 Å². The lowest BCUT2D eigenvalue weighted by Gasteiger charge is -2.10. The van der Waals surface area contributed by atoms with Crippen LogP contribution in [0.4, 0.5) is 11.5 Å². The number of hydrogen-bond acceptors (Lipinski definition) is 5. The van der Waals surface area contributed by atoms with Crippen LogP contribution in [0.25, 0.3) is 20.3 Å². The second-order valence-electron chi connectivity index (χ2n) is 6.34. The molecule has 2 aromatic carbocycles. The molecule has 124 valence electrons. The molecule has 0 spiro atoms. The van der Waals surface area contributed by atoms with Crippen molar-refractivity contribution in [1.82, 2.24) is 9.97 Å². The second kappa shape index (κ2) is 5.70. The molecular weight excluding hydrogens is 330 g/mol. The van der Waals surface area contributed by atoms with Gasteiger partial charge in [0.2, 0.25) is 0 Å². The Morgan fingerprint density at radius 2 is 1.96 bits per heavy atom. The fraction of sp³-hybridized carbons (Fsp3) is 0.200. The highest BCUT2D eigenvalue weighted by Crippen LogP contribution is 2.43. The summed E-state index contributed by atoms with van der Waals surface area (Å²) in [6.45, 7) is 0. The summed E-state index contributed by atoms with van der Waals surface area (Å²) in [7, 11) is 1.68. The van der Waals surface area contributed by atoms with Crippen LogP contribution >= 0.6 is 11.3 Å². The van der Waals surface area contributed by atoms with Gasteiger partial charge in [0.05, 0.1) is 12.5 Å². The Morgan fingerprint density at radius 3 is 2.80 bits per heavy atom. The van der Waals surface area contributed by atoms with Gasteiger partial charge in [0.25, 0.3) is 0 Å². The summed E-state index contributed by atoms with van der Waals surface area (Å²) in [5.74, 6) is 3.19. The number of rotatable bonds is 4. The van der Waals surface area contributed by atoms with E-state index in [1.54, 1.807) is 18.4 Å². The number of nitrogens with zero attached hydrogens (tertiary/aromatic N) is 2. The molecule has 5 heteroatoms. The van der Waals surface area contributed by atoms with Gasteiger partial charge in [-0.25, -0.2) is 9.97 Å². The molecule has 0 bridgehead atoms. The van der Waals surface area contributed by atoms with Crippen LogP contribution in [0.3, 0.4) is 0 Å². The van der Waals surface area contributed by atoms with Gasteiger partial charge >= 0.3 is 0 Å². The van der Waals surface area contributed by atoms with Crippen LogP contribution in [-0.2, 0) is 0 Å². The zero-order valence-corrected chi connectivity index (χ0v) is 14.6. The van der Waals surface area contributed by atoms with Crippen LogP contribution in [-0.4, -0.2) is 17.1 Å². The lowest BCUT2D eigenvalue weighted by molar-refractivity contribution is 0.415. The summed E-state index contributed by atoms with van der Waals surface area (Å²) < 4.78 is 6.58. The predicted molar refractivity (Wildman–Crippen MR) is 103 cm³/mol. The van der Waals surface area contributed by atoms with Gasteiger partial charge in [0.1, 0.15) is 22.2 Å². The highest BCUT2D eigenvalue weighted by molar-refractivity contribution is 7.25. The van der Waals surface area contributed by atoms with Crippen LogP contribution in [0, 0.1) is 0 Å². The smallest absolute Gasteiger partial charge is 0.143 e. The molecule has 0 saturated heterocycles. The van der Waals surface area contributed by atoms with E-state index >= 15 is 0 Å². The lowest BCUT2D eigenvalue weighted by atomic mass is 10.2. The number of aromatic nitrogens is 2. The number of methoxy groups -OCH3 is 1. The maximum absolute atomic E-state index is 5.34. The average molecular weight is 347 g/mol. The summed E-state index contributed by atoms with van der Waals surface area (Å²) in [5, 5.41) is 5.81. The Labute approximate surface area is 149 Å². The van der Waals surface area contributed by atoms with Crippen LogP contribution < -0.4 is 10.1 Å². The van der Waals surface area contributed by atoms with Gasteiger partial charge in [0.15, 0.2) is 0 Å². The first-order valence-corrected chi connectivity index (χ1v) is 9.24.